The van der Waals surface area contributed by atoms with Crippen LogP contribution in [0, 0.1) is 23.2 Å². The lowest BCUT2D eigenvalue weighted by Gasteiger charge is -2.47. The van der Waals surface area contributed by atoms with Gasteiger partial charge in [0, 0.05) is 25.1 Å². The molecule has 1 aliphatic carbocycles. The first kappa shape index (κ1) is 19.5. The van der Waals surface area contributed by atoms with Gasteiger partial charge in [-0.3, -0.25) is 4.79 Å². The molecule has 5 heteroatoms. The lowest BCUT2D eigenvalue weighted by molar-refractivity contribution is -0.139. The molecule has 1 amide bonds. The van der Waals surface area contributed by atoms with Crippen LogP contribution >= 0.6 is 0 Å². The second-order valence-electron chi connectivity index (χ2n) is 7.80. The summed E-state index contributed by atoms with van der Waals surface area (Å²) >= 11 is 0. The van der Waals surface area contributed by atoms with Crippen LogP contribution in [0.4, 0.5) is 0 Å². The van der Waals surface area contributed by atoms with Gasteiger partial charge in [-0.15, -0.1) is 0 Å². The highest BCUT2D eigenvalue weighted by Gasteiger charge is 2.38. The fraction of sp³-hybridized carbons (Fsp3) is 0.636. The van der Waals surface area contributed by atoms with Gasteiger partial charge in [0.25, 0.3) is 0 Å². The highest BCUT2D eigenvalue weighted by atomic mass is 16.5. The summed E-state index contributed by atoms with van der Waals surface area (Å²) in [6, 6.07) is 7.66. The van der Waals surface area contributed by atoms with Gasteiger partial charge in [0.1, 0.15) is 0 Å². The fourth-order valence-electron chi connectivity index (χ4n) is 4.63. The number of carbonyl (C=O) groups is 1. The molecule has 27 heavy (non-hydrogen) atoms. The average molecular weight is 370 g/mol. The number of rotatable bonds is 6. The zero-order chi connectivity index (χ0) is 19.2. The molecule has 2 fully saturated rings. The van der Waals surface area contributed by atoms with Gasteiger partial charge < -0.3 is 14.4 Å². The second kappa shape index (κ2) is 9.12. The van der Waals surface area contributed by atoms with Crippen molar-refractivity contribution in [1.29, 1.82) is 5.26 Å². The van der Waals surface area contributed by atoms with E-state index in [0.29, 0.717) is 48.5 Å². The number of piperidine rings is 1. The van der Waals surface area contributed by atoms with Gasteiger partial charge in [-0.2, -0.15) is 5.26 Å². The maximum absolute atomic E-state index is 12.8. The van der Waals surface area contributed by atoms with Crippen molar-refractivity contribution in [2.24, 2.45) is 11.8 Å². The first-order chi connectivity index (χ1) is 13.1. The predicted molar refractivity (Wildman–Crippen MR) is 104 cm³/mol. The number of likely N-dealkylation sites (tertiary alicyclic amines) is 1. The highest BCUT2D eigenvalue weighted by Crippen LogP contribution is 2.39. The van der Waals surface area contributed by atoms with Gasteiger partial charge in [0.2, 0.25) is 5.91 Å². The molecule has 1 heterocycles. The summed E-state index contributed by atoms with van der Waals surface area (Å²) in [7, 11) is 1.56. The molecule has 3 atom stereocenters. The van der Waals surface area contributed by atoms with Crippen LogP contribution in [-0.4, -0.2) is 37.1 Å². The van der Waals surface area contributed by atoms with E-state index in [-0.39, 0.29) is 5.91 Å². The van der Waals surface area contributed by atoms with E-state index in [1.165, 1.54) is 25.7 Å². The topological polar surface area (TPSA) is 62.6 Å². The van der Waals surface area contributed by atoms with E-state index in [0.717, 1.165) is 18.9 Å². The van der Waals surface area contributed by atoms with E-state index in [9.17, 15) is 4.79 Å². The lowest BCUT2D eigenvalue weighted by Crippen LogP contribution is -2.52. The third-order valence-electron chi connectivity index (χ3n) is 6.14. The van der Waals surface area contributed by atoms with Crippen molar-refractivity contribution < 1.29 is 14.3 Å². The Morgan fingerprint density at radius 3 is 2.85 bits per heavy atom. The summed E-state index contributed by atoms with van der Waals surface area (Å²) in [4.78, 5) is 14.9. The standard InChI is InChI=1S/C22H30N2O3/c1-16-11-12-24(19-7-4-3-6-18(16)19)22(25)8-5-13-27-20-10-9-17(15-23)14-21(20)26-2/h9-10,14,16,18-19H,3-8,11-13H2,1-2H3/t16-,18-,19+/m0/s1. The third-order valence-corrected chi connectivity index (χ3v) is 6.14. The molecule has 0 unspecified atom stereocenters. The normalized spacial score (nSPS) is 24.6. The number of benzene rings is 1. The van der Waals surface area contributed by atoms with Crippen molar-refractivity contribution in [3.63, 3.8) is 0 Å². The predicted octanol–water partition coefficient (Wildman–Crippen LogP) is 4.15. The molecule has 1 saturated heterocycles. The molecule has 1 aromatic carbocycles. The zero-order valence-corrected chi connectivity index (χ0v) is 16.4. The Morgan fingerprint density at radius 1 is 1.26 bits per heavy atom. The summed E-state index contributed by atoms with van der Waals surface area (Å²) in [5.41, 5.74) is 0.538. The number of nitriles is 1. The van der Waals surface area contributed by atoms with Gasteiger partial charge in [-0.1, -0.05) is 19.8 Å². The molecule has 3 rings (SSSR count). The minimum absolute atomic E-state index is 0.272. The fourth-order valence-corrected chi connectivity index (χ4v) is 4.63. The van der Waals surface area contributed by atoms with Crippen molar-refractivity contribution >= 4 is 5.91 Å². The summed E-state index contributed by atoms with van der Waals surface area (Å²) in [5.74, 6) is 2.87. The number of methoxy groups -OCH3 is 1. The summed E-state index contributed by atoms with van der Waals surface area (Å²) < 4.78 is 11.1. The van der Waals surface area contributed by atoms with Gasteiger partial charge in [0.15, 0.2) is 11.5 Å². The Morgan fingerprint density at radius 2 is 2.07 bits per heavy atom. The molecule has 0 radical (unpaired) electrons. The van der Waals surface area contributed by atoms with E-state index >= 15 is 0 Å². The molecule has 5 nitrogen and oxygen atoms in total. The molecule has 2 aliphatic rings. The molecule has 146 valence electrons. The van der Waals surface area contributed by atoms with Crippen molar-refractivity contribution in [1.82, 2.24) is 4.90 Å². The van der Waals surface area contributed by atoms with Crippen molar-refractivity contribution in [2.45, 2.75) is 57.9 Å². The number of nitrogens with zero attached hydrogens (tertiary/aromatic N) is 2. The Kier molecular flexibility index (Phi) is 6.60. The lowest BCUT2D eigenvalue weighted by atomic mass is 9.72. The van der Waals surface area contributed by atoms with Crippen LogP contribution in [-0.2, 0) is 4.79 Å². The summed E-state index contributed by atoms with van der Waals surface area (Å²) in [6.45, 7) is 3.72. The Labute approximate surface area is 162 Å². The average Bonchev–Trinajstić information content (AvgIpc) is 2.71. The number of hydrogen-bond donors (Lipinski definition) is 0. The van der Waals surface area contributed by atoms with Gasteiger partial charge >= 0.3 is 0 Å². The molecule has 0 aromatic heterocycles. The Hall–Kier alpha value is -2.22. The minimum atomic E-state index is 0.272. The zero-order valence-electron chi connectivity index (χ0n) is 16.4. The Bertz CT molecular complexity index is 697. The maximum Gasteiger partial charge on any atom is 0.222 e. The molecule has 1 aliphatic heterocycles. The largest absolute Gasteiger partial charge is 0.493 e. The molecule has 1 saturated carbocycles. The van der Waals surface area contributed by atoms with E-state index in [2.05, 4.69) is 17.9 Å². The number of fused-ring (bicyclic) bond motifs is 1. The van der Waals surface area contributed by atoms with E-state index in [1.54, 1.807) is 25.3 Å². The SMILES string of the molecule is COc1cc(C#N)ccc1OCCCC(=O)N1CC[C@H](C)[C@@H]2CCCC[C@H]21. The van der Waals surface area contributed by atoms with Crippen LogP contribution in [0.15, 0.2) is 18.2 Å². The van der Waals surface area contributed by atoms with E-state index < -0.39 is 0 Å². The number of carbonyl (C=O) groups excluding carboxylic acids is 1. The van der Waals surface area contributed by atoms with Crippen molar-refractivity contribution in [2.75, 3.05) is 20.3 Å². The molecule has 0 N–H and O–H groups in total. The molecule has 0 spiro atoms. The monoisotopic (exact) mass is 370 g/mol. The van der Waals surface area contributed by atoms with Crippen molar-refractivity contribution in [3.05, 3.63) is 23.8 Å². The molecule has 0 bridgehead atoms. The van der Waals surface area contributed by atoms with Crippen LogP contribution < -0.4 is 9.47 Å². The quantitative estimate of drug-likeness (QED) is 0.706. The molecule has 1 aromatic rings. The van der Waals surface area contributed by atoms with Crippen LogP contribution in [0.2, 0.25) is 0 Å². The third kappa shape index (κ3) is 4.55. The first-order valence-corrected chi connectivity index (χ1v) is 10.1. The van der Waals surface area contributed by atoms with Gasteiger partial charge in [0.05, 0.1) is 25.3 Å². The maximum atomic E-state index is 12.8. The summed E-state index contributed by atoms with van der Waals surface area (Å²) in [5, 5.41) is 8.96. The molecular weight excluding hydrogens is 340 g/mol. The van der Waals surface area contributed by atoms with Crippen LogP contribution in [0.3, 0.4) is 0 Å². The molecular formula is C22H30N2O3. The van der Waals surface area contributed by atoms with E-state index in [1.807, 2.05) is 0 Å². The summed E-state index contributed by atoms with van der Waals surface area (Å²) in [6.07, 6.45) is 7.34. The first-order valence-electron chi connectivity index (χ1n) is 10.1. The van der Waals surface area contributed by atoms with E-state index in [4.69, 9.17) is 14.7 Å². The van der Waals surface area contributed by atoms with Crippen LogP contribution in [0.1, 0.15) is 57.4 Å². The number of hydrogen-bond acceptors (Lipinski definition) is 4. The van der Waals surface area contributed by atoms with Gasteiger partial charge in [-0.25, -0.2) is 0 Å². The smallest absolute Gasteiger partial charge is 0.222 e. The Balaban J connectivity index is 1.49. The van der Waals surface area contributed by atoms with Crippen molar-refractivity contribution in [3.8, 4) is 17.6 Å². The highest BCUT2D eigenvalue weighted by molar-refractivity contribution is 5.76. The second-order valence-corrected chi connectivity index (χ2v) is 7.80. The minimum Gasteiger partial charge on any atom is -0.493 e. The van der Waals surface area contributed by atoms with Gasteiger partial charge in [-0.05, 0) is 49.7 Å². The van der Waals surface area contributed by atoms with Crippen LogP contribution in [0.5, 0.6) is 11.5 Å². The number of amides is 1. The van der Waals surface area contributed by atoms with Crippen LogP contribution in [0.25, 0.3) is 0 Å². The number of ether oxygens (including phenoxy) is 2.